The van der Waals surface area contributed by atoms with Gasteiger partial charge in [-0.1, -0.05) is 48.7 Å². The zero-order valence-electron chi connectivity index (χ0n) is 10.7. The van der Waals surface area contributed by atoms with Gasteiger partial charge < -0.3 is 5.32 Å². The van der Waals surface area contributed by atoms with Gasteiger partial charge in [0.25, 0.3) is 0 Å². The van der Waals surface area contributed by atoms with Crippen LogP contribution < -0.4 is 5.32 Å². The van der Waals surface area contributed by atoms with Crippen molar-refractivity contribution >= 4 is 34.6 Å². The molecule has 0 aliphatic heterocycles. The molecule has 0 bridgehead atoms. The summed E-state index contributed by atoms with van der Waals surface area (Å²) in [6.45, 7) is 2.19. The fourth-order valence-corrected chi connectivity index (χ4v) is 2.02. The fourth-order valence-electron chi connectivity index (χ4n) is 1.73. The van der Waals surface area contributed by atoms with Crippen molar-refractivity contribution in [1.82, 2.24) is 10.2 Å². The highest BCUT2D eigenvalue weighted by molar-refractivity contribution is 6.33. The molecule has 3 nitrogen and oxygen atoms in total. The standard InChI is InChI=1S/C14H15Cl2N3/c1-2-3-4-10-5-7-11(8-6-10)17-12-9-13(15)18-19-14(12)16/h5-9H,2-4H2,1H3,(H,17,18). The van der Waals surface area contributed by atoms with Gasteiger partial charge in [0, 0.05) is 11.8 Å². The van der Waals surface area contributed by atoms with E-state index in [1.54, 1.807) is 6.07 Å². The number of aromatic nitrogens is 2. The molecular weight excluding hydrogens is 281 g/mol. The molecular formula is C14H15Cl2N3. The van der Waals surface area contributed by atoms with Gasteiger partial charge in [-0.15, -0.1) is 10.2 Å². The van der Waals surface area contributed by atoms with E-state index in [0.717, 1.165) is 12.1 Å². The summed E-state index contributed by atoms with van der Waals surface area (Å²) in [6.07, 6.45) is 3.53. The molecule has 1 aromatic heterocycles. The number of nitrogens with zero attached hydrogens (tertiary/aromatic N) is 2. The SMILES string of the molecule is CCCCc1ccc(Nc2cc(Cl)nnc2Cl)cc1. The van der Waals surface area contributed by atoms with Gasteiger partial charge in [-0.05, 0) is 30.5 Å². The molecule has 0 spiro atoms. The lowest BCUT2D eigenvalue weighted by atomic mass is 10.1. The van der Waals surface area contributed by atoms with Crippen LogP contribution in [0.15, 0.2) is 30.3 Å². The molecule has 19 heavy (non-hydrogen) atoms. The number of halogens is 2. The van der Waals surface area contributed by atoms with Gasteiger partial charge in [-0.3, -0.25) is 0 Å². The molecule has 0 fully saturated rings. The molecule has 100 valence electrons. The Hall–Kier alpha value is -1.32. The molecule has 1 N–H and O–H groups in total. The number of anilines is 2. The van der Waals surface area contributed by atoms with E-state index in [0.29, 0.717) is 16.0 Å². The van der Waals surface area contributed by atoms with E-state index in [2.05, 4.69) is 34.6 Å². The molecule has 0 amide bonds. The lowest BCUT2D eigenvalue weighted by Gasteiger charge is -2.08. The van der Waals surface area contributed by atoms with Crippen LogP contribution in [-0.2, 0) is 6.42 Å². The summed E-state index contributed by atoms with van der Waals surface area (Å²) >= 11 is 11.7. The Morgan fingerprint density at radius 2 is 1.84 bits per heavy atom. The van der Waals surface area contributed by atoms with Crippen molar-refractivity contribution in [2.75, 3.05) is 5.32 Å². The summed E-state index contributed by atoms with van der Waals surface area (Å²) < 4.78 is 0. The first-order valence-electron chi connectivity index (χ1n) is 6.23. The Morgan fingerprint density at radius 3 is 2.53 bits per heavy atom. The van der Waals surface area contributed by atoms with E-state index in [1.807, 2.05) is 12.1 Å². The highest BCUT2D eigenvalue weighted by Gasteiger charge is 2.04. The van der Waals surface area contributed by atoms with Gasteiger partial charge >= 0.3 is 0 Å². The summed E-state index contributed by atoms with van der Waals surface area (Å²) in [5.74, 6) is 0. The second-order valence-electron chi connectivity index (χ2n) is 4.30. The van der Waals surface area contributed by atoms with Crippen LogP contribution in [0.1, 0.15) is 25.3 Å². The number of rotatable bonds is 5. The first-order valence-corrected chi connectivity index (χ1v) is 6.99. The van der Waals surface area contributed by atoms with Gasteiger partial charge in [0.1, 0.15) is 0 Å². The number of hydrogen-bond donors (Lipinski definition) is 1. The van der Waals surface area contributed by atoms with Crippen LogP contribution in [0.4, 0.5) is 11.4 Å². The number of benzene rings is 1. The minimum atomic E-state index is 0.305. The minimum absolute atomic E-state index is 0.305. The van der Waals surface area contributed by atoms with Crippen LogP contribution in [0.25, 0.3) is 0 Å². The molecule has 1 heterocycles. The maximum atomic E-state index is 5.95. The molecule has 1 aromatic carbocycles. The van der Waals surface area contributed by atoms with Gasteiger partial charge in [-0.25, -0.2) is 0 Å². The average molecular weight is 296 g/mol. The van der Waals surface area contributed by atoms with Crippen molar-refractivity contribution in [3.05, 3.63) is 46.2 Å². The summed E-state index contributed by atoms with van der Waals surface area (Å²) in [5, 5.41) is 11.2. The van der Waals surface area contributed by atoms with Gasteiger partial charge in [0.15, 0.2) is 10.3 Å². The third kappa shape index (κ3) is 4.08. The number of hydrogen-bond acceptors (Lipinski definition) is 3. The molecule has 0 aliphatic carbocycles. The average Bonchev–Trinajstić information content (AvgIpc) is 2.42. The molecule has 0 unspecified atom stereocenters. The maximum Gasteiger partial charge on any atom is 0.175 e. The predicted octanol–water partition coefficient (Wildman–Crippen LogP) is 4.87. The zero-order chi connectivity index (χ0) is 13.7. The van der Waals surface area contributed by atoms with Crippen LogP contribution in [-0.4, -0.2) is 10.2 Å². The Bertz CT molecular complexity index is 541. The van der Waals surface area contributed by atoms with Crippen LogP contribution in [0.5, 0.6) is 0 Å². The van der Waals surface area contributed by atoms with Crippen molar-refractivity contribution in [2.45, 2.75) is 26.2 Å². The van der Waals surface area contributed by atoms with Crippen LogP contribution in [0.2, 0.25) is 10.3 Å². The van der Waals surface area contributed by atoms with E-state index in [-0.39, 0.29) is 0 Å². The Labute approximate surface area is 123 Å². The smallest absolute Gasteiger partial charge is 0.175 e. The Balaban J connectivity index is 2.08. The second kappa shape index (κ2) is 6.73. The van der Waals surface area contributed by atoms with Crippen LogP contribution in [0.3, 0.4) is 0 Å². The highest BCUT2D eigenvalue weighted by Crippen LogP contribution is 2.25. The molecule has 0 saturated heterocycles. The van der Waals surface area contributed by atoms with Crippen molar-refractivity contribution < 1.29 is 0 Å². The second-order valence-corrected chi connectivity index (χ2v) is 5.04. The zero-order valence-corrected chi connectivity index (χ0v) is 12.2. The summed E-state index contributed by atoms with van der Waals surface area (Å²) in [4.78, 5) is 0. The molecule has 2 rings (SSSR count). The van der Waals surface area contributed by atoms with E-state index in [1.165, 1.54) is 18.4 Å². The van der Waals surface area contributed by atoms with Gasteiger partial charge in [0.2, 0.25) is 0 Å². The van der Waals surface area contributed by atoms with E-state index in [9.17, 15) is 0 Å². The number of aryl methyl sites for hydroxylation is 1. The molecule has 0 aliphatic rings. The van der Waals surface area contributed by atoms with E-state index >= 15 is 0 Å². The minimum Gasteiger partial charge on any atom is -0.353 e. The monoisotopic (exact) mass is 295 g/mol. The summed E-state index contributed by atoms with van der Waals surface area (Å²) in [5.41, 5.74) is 2.94. The predicted molar refractivity (Wildman–Crippen MR) is 80.4 cm³/mol. The van der Waals surface area contributed by atoms with E-state index in [4.69, 9.17) is 23.2 Å². The molecule has 0 saturated carbocycles. The number of nitrogens with one attached hydrogen (secondary N) is 1. The van der Waals surface area contributed by atoms with Crippen molar-refractivity contribution in [3.8, 4) is 0 Å². The van der Waals surface area contributed by atoms with E-state index < -0.39 is 0 Å². The third-order valence-corrected chi connectivity index (χ3v) is 3.23. The fraction of sp³-hybridized carbons (Fsp3) is 0.286. The van der Waals surface area contributed by atoms with Crippen molar-refractivity contribution in [2.24, 2.45) is 0 Å². The number of unbranched alkanes of at least 4 members (excludes halogenated alkanes) is 1. The molecule has 2 aromatic rings. The lowest BCUT2D eigenvalue weighted by Crippen LogP contribution is -1.95. The largest absolute Gasteiger partial charge is 0.353 e. The van der Waals surface area contributed by atoms with Gasteiger partial charge in [0.05, 0.1) is 5.69 Å². The van der Waals surface area contributed by atoms with Crippen LogP contribution >= 0.6 is 23.2 Å². The van der Waals surface area contributed by atoms with Crippen molar-refractivity contribution in [3.63, 3.8) is 0 Å². The maximum absolute atomic E-state index is 5.95. The lowest BCUT2D eigenvalue weighted by molar-refractivity contribution is 0.795. The first kappa shape index (κ1) is 14.1. The quantitative estimate of drug-likeness (QED) is 0.855. The highest BCUT2D eigenvalue weighted by atomic mass is 35.5. The molecule has 0 radical (unpaired) electrons. The third-order valence-electron chi connectivity index (χ3n) is 2.77. The normalized spacial score (nSPS) is 10.5. The first-order chi connectivity index (χ1) is 9.19. The summed E-state index contributed by atoms with van der Waals surface area (Å²) in [7, 11) is 0. The Kier molecular flexibility index (Phi) is 5.00. The summed E-state index contributed by atoms with van der Waals surface area (Å²) in [6, 6.07) is 9.93. The van der Waals surface area contributed by atoms with Crippen molar-refractivity contribution in [1.29, 1.82) is 0 Å². The van der Waals surface area contributed by atoms with Gasteiger partial charge in [-0.2, -0.15) is 0 Å². The molecule has 0 atom stereocenters. The molecule has 5 heteroatoms. The topological polar surface area (TPSA) is 37.8 Å². The van der Waals surface area contributed by atoms with Crippen LogP contribution in [0, 0.1) is 0 Å². The Morgan fingerprint density at radius 1 is 1.11 bits per heavy atom.